The fourth-order valence-electron chi connectivity index (χ4n) is 1.52. The second kappa shape index (κ2) is 7.49. The molecule has 1 N–H and O–H groups in total. The number of carbonyl (C=O) groups excluding carboxylic acids is 1. The molecule has 0 saturated heterocycles. The average Bonchev–Trinajstić information content (AvgIpc) is 2.37. The monoisotopic (exact) mass is 233 g/mol. The maximum Gasteiger partial charge on any atom is 0.305 e. The minimum Gasteiger partial charge on any atom is -0.469 e. The molecule has 0 spiro atoms. The smallest absolute Gasteiger partial charge is 0.305 e. The van der Waals surface area contributed by atoms with E-state index in [0.29, 0.717) is 6.42 Å². The Balaban J connectivity index is 2.34. The third-order valence-electron chi connectivity index (χ3n) is 2.48. The van der Waals surface area contributed by atoms with Crippen molar-refractivity contribution < 1.29 is 9.53 Å². The number of hydrogen-bond acceptors (Lipinski definition) is 3. The number of aryl methyl sites for hydroxylation is 1. The maximum atomic E-state index is 10.9. The van der Waals surface area contributed by atoms with Crippen LogP contribution >= 0.6 is 0 Å². The molecule has 0 fully saturated rings. The molecule has 0 aromatic heterocycles. The highest BCUT2D eigenvalue weighted by Crippen LogP contribution is 2.11. The predicted molar refractivity (Wildman–Crippen MR) is 70.1 cm³/mol. The van der Waals surface area contributed by atoms with Gasteiger partial charge in [0.25, 0.3) is 0 Å². The molecule has 0 aliphatic rings. The van der Waals surface area contributed by atoms with Gasteiger partial charge in [-0.2, -0.15) is 0 Å². The molecule has 92 valence electrons. The molecule has 1 aromatic carbocycles. The van der Waals surface area contributed by atoms with E-state index >= 15 is 0 Å². The van der Waals surface area contributed by atoms with E-state index in [1.54, 1.807) is 0 Å². The van der Waals surface area contributed by atoms with Crippen LogP contribution in [-0.2, 0) is 16.0 Å². The number of carbonyl (C=O) groups is 1. The zero-order chi connectivity index (χ0) is 12.5. The number of ether oxygens (including phenoxy) is 1. The summed E-state index contributed by atoms with van der Waals surface area (Å²) in [4.78, 5) is 10.9. The third kappa shape index (κ3) is 5.20. The van der Waals surface area contributed by atoms with E-state index in [2.05, 4.69) is 28.8 Å². The van der Waals surface area contributed by atoms with Crippen molar-refractivity contribution in [3.63, 3.8) is 0 Å². The highest BCUT2D eigenvalue weighted by atomic mass is 16.5. The van der Waals surface area contributed by atoms with Crippen molar-refractivity contribution in [3.05, 3.63) is 42.5 Å². The summed E-state index contributed by atoms with van der Waals surface area (Å²) in [5.41, 5.74) is 2.32. The molecule has 3 nitrogen and oxygen atoms in total. The van der Waals surface area contributed by atoms with Gasteiger partial charge >= 0.3 is 5.97 Å². The van der Waals surface area contributed by atoms with Gasteiger partial charge in [-0.3, -0.25) is 4.79 Å². The van der Waals surface area contributed by atoms with Gasteiger partial charge in [-0.05, 0) is 30.5 Å². The Morgan fingerprint density at radius 3 is 2.71 bits per heavy atom. The molecule has 0 amide bonds. The summed E-state index contributed by atoms with van der Waals surface area (Å²) in [6.07, 6.45) is 4.03. The van der Waals surface area contributed by atoms with Gasteiger partial charge in [0.2, 0.25) is 0 Å². The number of benzene rings is 1. The number of methoxy groups -OCH3 is 1. The summed E-state index contributed by atoms with van der Waals surface area (Å²) >= 11 is 0. The molecule has 1 aromatic rings. The number of hydrogen-bond donors (Lipinski definition) is 1. The van der Waals surface area contributed by atoms with Crippen LogP contribution in [0.2, 0.25) is 0 Å². The van der Waals surface area contributed by atoms with Gasteiger partial charge < -0.3 is 10.1 Å². The standard InChI is InChI=1S/C14H19NO2/c1-3-11-15-13-9-7-12(8-10-13)5-4-6-14(16)17-2/h3,7-10,15H,1,4-6,11H2,2H3. The minimum absolute atomic E-state index is 0.144. The molecular weight excluding hydrogens is 214 g/mol. The zero-order valence-corrected chi connectivity index (χ0v) is 10.2. The molecule has 1 rings (SSSR count). The summed E-state index contributed by atoms with van der Waals surface area (Å²) in [5.74, 6) is -0.144. The Hall–Kier alpha value is -1.77. The van der Waals surface area contributed by atoms with Gasteiger partial charge in [0, 0.05) is 18.7 Å². The summed E-state index contributed by atoms with van der Waals surface area (Å²) in [7, 11) is 1.42. The van der Waals surface area contributed by atoms with Crippen molar-refractivity contribution in [3.8, 4) is 0 Å². The quantitative estimate of drug-likeness (QED) is 0.581. The van der Waals surface area contributed by atoms with E-state index in [1.807, 2.05) is 18.2 Å². The normalized spacial score (nSPS) is 9.71. The van der Waals surface area contributed by atoms with Crippen LogP contribution in [0.25, 0.3) is 0 Å². The van der Waals surface area contributed by atoms with Crippen LogP contribution in [0.15, 0.2) is 36.9 Å². The average molecular weight is 233 g/mol. The lowest BCUT2D eigenvalue weighted by Crippen LogP contribution is -2.01. The van der Waals surface area contributed by atoms with E-state index in [0.717, 1.165) is 25.1 Å². The van der Waals surface area contributed by atoms with Crippen LogP contribution in [0.5, 0.6) is 0 Å². The van der Waals surface area contributed by atoms with Crippen LogP contribution in [0, 0.1) is 0 Å². The molecule has 0 heterocycles. The van der Waals surface area contributed by atoms with Crippen LogP contribution in [0.3, 0.4) is 0 Å². The number of rotatable bonds is 7. The van der Waals surface area contributed by atoms with E-state index in [-0.39, 0.29) is 5.97 Å². The fourth-order valence-corrected chi connectivity index (χ4v) is 1.52. The molecule has 0 aliphatic carbocycles. The van der Waals surface area contributed by atoms with E-state index in [9.17, 15) is 4.79 Å². The molecular formula is C14H19NO2. The highest BCUT2D eigenvalue weighted by Gasteiger charge is 2.00. The second-order valence-electron chi connectivity index (χ2n) is 3.80. The summed E-state index contributed by atoms with van der Waals surface area (Å²) in [6.45, 7) is 4.42. The fraction of sp³-hybridized carbons (Fsp3) is 0.357. The van der Waals surface area contributed by atoms with Crippen molar-refractivity contribution in [1.29, 1.82) is 0 Å². The Morgan fingerprint density at radius 1 is 1.41 bits per heavy atom. The lowest BCUT2D eigenvalue weighted by Gasteiger charge is -2.05. The molecule has 0 radical (unpaired) electrons. The highest BCUT2D eigenvalue weighted by molar-refractivity contribution is 5.69. The van der Waals surface area contributed by atoms with Crippen molar-refractivity contribution >= 4 is 11.7 Å². The van der Waals surface area contributed by atoms with Crippen molar-refractivity contribution in [2.45, 2.75) is 19.3 Å². The predicted octanol–water partition coefficient (Wildman–Crippen LogP) is 2.78. The zero-order valence-electron chi connectivity index (χ0n) is 10.2. The summed E-state index contributed by atoms with van der Waals surface area (Å²) in [5, 5.41) is 3.21. The lowest BCUT2D eigenvalue weighted by molar-refractivity contribution is -0.140. The number of anilines is 1. The first-order valence-electron chi connectivity index (χ1n) is 5.77. The Morgan fingerprint density at radius 2 is 2.12 bits per heavy atom. The van der Waals surface area contributed by atoms with Crippen LogP contribution in [0.1, 0.15) is 18.4 Å². The Bertz CT molecular complexity index is 357. The Kier molecular flexibility index (Phi) is 5.86. The molecule has 17 heavy (non-hydrogen) atoms. The molecule has 0 atom stereocenters. The van der Waals surface area contributed by atoms with E-state index in [4.69, 9.17) is 0 Å². The topological polar surface area (TPSA) is 38.3 Å². The van der Waals surface area contributed by atoms with Crippen molar-refractivity contribution in [2.75, 3.05) is 19.0 Å². The van der Waals surface area contributed by atoms with Crippen molar-refractivity contribution in [1.82, 2.24) is 0 Å². The Labute approximate surface area is 102 Å². The van der Waals surface area contributed by atoms with Gasteiger partial charge in [0.15, 0.2) is 0 Å². The van der Waals surface area contributed by atoms with Gasteiger partial charge in [0.05, 0.1) is 7.11 Å². The van der Waals surface area contributed by atoms with Crippen molar-refractivity contribution in [2.24, 2.45) is 0 Å². The van der Waals surface area contributed by atoms with E-state index < -0.39 is 0 Å². The first-order valence-corrected chi connectivity index (χ1v) is 5.77. The molecule has 0 bridgehead atoms. The first kappa shape index (κ1) is 13.3. The minimum atomic E-state index is -0.144. The second-order valence-corrected chi connectivity index (χ2v) is 3.80. The lowest BCUT2D eigenvalue weighted by atomic mass is 10.1. The summed E-state index contributed by atoms with van der Waals surface area (Å²) in [6, 6.07) is 8.22. The molecule has 0 unspecified atom stereocenters. The molecule has 0 saturated carbocycles. The summed E-state index contributed by atoms with van der Waals surface area (Å²) < 4.78 is 4.59. The van der Waals surface area contributed by atoms with E-state index in [1.165, 1.54) is 12.7 Å². The van der Waals surface area contributed by atoms with Crippen LogP contribution in [0.4, 0.5) is 5.69 Å². The SMILES string of the molecule is C=CCNc1ccc(CCCC(=O)OC)cc1. The largest absolute Gasteiger partial charge is 0.469 e. The van der Waals surface area contributed by atoms with Crippen LogP contribution < -0.4 is 5.32 Å². The van der Waals surface area contributed by atoms with Gasteiger partial charge in [-0.1, -0.05) is 18.2 Å². The first-order chi connectivity index (χ1) is 8.26. The van der Waals surface area contributed by atoms with Crippen LogP contribution in [-0.4, -0.2) is 19.6 Å². The third-order valence-corrected chi connectivity index (χ3v) is 2.48. The maximum absolute atomic E-state index is 10.9. The van der Waals surface area contributed by atoms with Gasteiger partial charge in [-0.25, -0.2) is 0 Å². The van der Waals surface area contributed by atoms with Gasteiger partial charge in [-0.15, -0.1) is 6.58 Å². The number of esters is 1. The number of nitrogens with one attached hydrogen (secondary N) is 1. The van der Waals surface area contributed by atoms with Gasteiger partial charge in [0.1, 0.15) is 0 Å². The molecule has 3 heteroatoms. The molecule has 0 aliphatic heterocycles.